The highest BCUT2D eigenvalue weighted by molar-refractivity contribution is 5.81. The summed E-state index contributed by atoms with van der Waals surface area (Å²) in [5.74, 6) is 0.161. The molecule has 0 spiro atoms. The molecule has 1 rings (SSSR count). The number of carbonyl (C=O) groups excluding carboxylic acids is 1. The van der Waals surface area contributed by atoms with Crippen LogP contribution in [0.1, 0.15) is 40.0 Å². The summed E-state index contributed by atoms with van der Waals surface area (Å²) in [6.45, 7) is 11.9. The highest BCUT2D eigenvalue weighted by atomic mass is 16.2. The quantitative estimate of drug-likeness (QED) is 0.687. The van der Waals surface area contributed by atoms with Gasteiger partial charge in [-0.15, -0.1) is 0 Å². The zero-order valence-electron chi connectivity index (χ0n) is 13.4. The van der Waals surface area contributed by atoms with Crippen molar-refractivity contribution in [3.63, 3.8) is 0 Å². The summed E-state index contributed by atoms with van der Waals surface area (Å²) in [5, 5.41) is 2.98. The molecule has 1 saturated heterocycles. The Bertz CT molecular complexity index is 277. The normalized spacial score (nSPS) is 20.6. The van der Waals surface area contributed by atoms with Crippen molar-refractivity contribution in [1.82, 2.24) is 15.1 Å². The van der Waals surface area contributed by atoms with Gasteiger partial charge in [0.25, 0.3) is 0 Å². The lowest BCUT2D eigenvalue weighted by atomic mass is 10.1. The zero-order valence-corrected chi connectivity index (χ0v) is 13.4. The van der Waals surface area contributed by atoms with E-state index in [1.54, 1.807) is 0 Å². The van der Waals surface area contributed by atoms with E-state index in [0.717, 1.165) is 58.5 Å². The van der Waals surface area contributed by atoms with Crippen molar-refractivity contribution >= 4 is 5.91 Å². The number of hydrogen-bond acceptors (Lipinski definition) is 4. The van der Waals surface area contributed by atoms with E-state index in [1.807, 2.05) is 6.92 Å². The molecule has 1 aliphatic heterocycles. The summed E-state index contributed by atoms with van der Waals surface area (Å²) < 4.78 is 0. The van der Waals surface area contributed by atoms with E-state index in [0.29, 0.717) is 6.04 Å². The molecule has 2 atom stereocenters. The minimum absolute atomic E-state index is 0.0155. The van der Waals surface area contributed by atoms with E-state index in [1.165, 1.54) is 0 Å². The minimum atomic E-state index is -0.0155. The van der Waals surface area contributed by atoms with Crippen molar-refractivity contribution in [1.29, 1.82) is 0 Å². The van der Waals surface area contributed by atoms with Crippen LogP contribution in [0.15, 0.2) is 0 Å². The Morgan fingerprint density at radius 2 is 1.80 bits per heavy atom. The summed E-state index contributed by atoms with van der Waals surface area (Å²) >= 11 is 0. The molecule has 1 heterocycles. The number of amides is 1. The maximum atomic E-state index is 12.0. The monoisotopic (exact) mass is 284 g/mol. The summed E-state index contributed by atoms with van der Waals surface area (Å²) in [6.07, 6.45) is 3.22. The molecule has 5 heteroatoms. The molecule has 3 N–H and O–H groups in total. The van der Waals surface area contributed by atoms with Gasteiger partial charge >= 0.3 is 0 Å². The second-order valence-electron chi connectivity index (χ2n) is 5.68. The summed E-state index contributed by atoms with van der Waals surface area (Å²) in [5.41, 5.74) is 5.68. The van der Waals surface area contributed by atoms with Gasteiger partial charge in [0.05, 0.1) is 6.04 Å². The fraction of sp³-hybridized carbons (Fsp3) is 0.933. The molecule has 0 aromatic rings. The van der Waals surface area contributed by atoms with Gasteiger partial charge in [-0.05, 0) is 32.7 Å². The molecule has 0 aromatic carbocycles. The first-order valence-electron chi connectivity index (χ1n) is 8.09. The van der Waals surface area contributed by atoms with Crippen LogP contribution >= 0.6 is 0 Å². The van der Waals surface area contributed by atoms with E-state index in [2.05, 4.69) is 29.0 Å². The average Bonchev–Trinajstić information content (AvgIpc) is 2.49. The summed E-state index contributed by atoms with van der Waals surface area (Å²) in [4.78, 5) is 16.8. The molecule has 0 aliphatic carbocycles. The van der Waals surface area contributed by atoms with Crippen molar-refractivity contribution in [2.75, 3.05) is 39.3 Å². The number of rotatable bonds is 8. The van der Waals surface area contributed by atoms with Crippen LogP contribution in [0.5, 0.6) is 0 Å². The van der Waals surface area contributed by atoms with Crippen LogP contribution in [0, 0.1) is 0 Å². The number of hydrogen-bond donors (Lipinski definition) is 2. The third-order valence-corrected chi connectivity index (χ3v) is 4.31. The van der Waals surface area contributed by atoms with Crippen LogP contribution in [0.2, 0.25) is 0 Å². The van der Waals surface area contributed by atoms with Gasteiger partial charge in [0.2, 0.25) is 5.91 Å². The van der Waals surface area contributed by atoms with E-state index < -0.39 is 0 Å². The van der Waals surface area contributed by atoms with Gasteiger partial charge in [-0.1, -0.05) is 13.8 Å². The highest BCUT2D eigenvalue weighted by Crippen LogP contribution is 2.13. The van der Waals surface area contributed by atoms with Gasteiger partial charge in [-0.25, -0.2) is 0 Å². The molecule has 2 unspecified atom stereocenters. The zero-order chi connectivity index (χ0) is 15.0. The van der Waals surface area contributed by atoms with E-state index in [-0.39, 0.29) is 11.9 Å². The van der Waals surface area contributed by atoms with Crippen molar-refractivity contribution in [2.24, 2.45) is 5.73 Å². The molecular formula is C15H32N4O. The second-order valence-corrected chi connectivity index (χ2v) is 5.68. The Balaban J connectivity index is 2.39. The van der Waals surface area contributed by atoms with Gasteiger partial charge in [0.15, 0.2) is 0 Å². The van der Waals surface area contributed by atoms with E-state index >= 15 is 0 Å². The topological polar surface area (TPSA) is 61.6 Å². The maximum absolute atomic E-state index is 12.0. The Labute approximate surface area is 123 Å². The Hall–Kier alpha value is -0.650. The predicted octanol–water partition coefficient (Wildman–Crippen LogP) is 0.646. The number of nitrogens with one attached hydrogen (secondary N) is 1. The number of carbonyl (C=O) groups is 1. The standard InChI is InChI=1S/C15H32N4O/c1-4-8-17-15(20)13(3)18-9-11-19(12-10-18)14(5-2)6-7-16/h13-14H,4-12,16H2,1-3H3,(H,17,20). The van der Waals surface area contributed by atoms with Crippen molar-refractivity contribution in [3.05, 3.63) is 0 Å². The highest BCUT2D eigenvalue weighted by Gasteiger charge is 2.27. The maximum Gasteiger partial charge on any atom is 0.237 e. The SMILES string of the molecule is CCCNC(=O)C(C)N1CCN(C(CC)CCN)CC1. The lowest BCUT2D eigenvalue weighted by Gasteiger charge is -2.40. The molecule has 0 radical (unpaired) electrons. The van der Waals surface area contributed by atoms with Gasteiger partial charge in [0.1, 0.15) is 0 Å². The molecule has 1 fully saturated rings. The first-order valence-corrected chi connectivity index (χ1v) is 8.09. The molecule has 0 aromatic heterocycles. The fourth-order valence-electron chi connectivity index (χ4n) is 2.89. The first kappa shape index (κ1) is 17.4. The Morgan fingerprint density at radius 3 is 2.30 bits per heavy atom. The van der Waals surface area contributed by atoms with E-state index in [9.17, 15) is 4.79 Å². The van der Waals surface area contributed by atoms with Gasteiger partial charge < -0.3 is 11.1 Å². The second kappa shape index (κ2) is 9.32. The van der Waals surface area contributed by atoms with Crippen molar-refractivity contribution < 1.29 is 4.79 Å². The largest absolute Gasteiger partial charge is 0.355 e. The third kappa shape index (κ3) is 5.04. The van der Waals surface area contributed by atoms with Crippen LogP contribution in [0.4, 0.5) is 0 Å². The van der Waals surface area contributed by atoms with Crippen LogP contribution in [-0.4, -0.2) is 67.1 Å². The third-order valence-electron chi connectivity index (χ3n) is 4.31. The molecule has 20 heavy (non-hydrogen) atoms. The van der Waals surface area contributed by atoms with Crippen molar-refractivity contribution in [2.45, 2.75) is 52.1 Å². The van der Waals surface area contributed by atoms with Gasteiger partial charge in [0, 0.05) is 38.8 Å². The predicted molar refractivity (Wildman–Crippen MR) is 83.7 cm³/mol. The van der Waals surface area contributed by atoms with Crippen LogP contribution in [0.3, 0.4) is 0 Å². The lowest BCUT2D eigenvalue weighted by molar-refractivity contribution is -0.126. The molecule has 1 aliphatic rings. The van der Waals surface area contributed by atoms with Gasteiger partial charge in [-0.3, -0.25) is 14.6 Å². The average molecular weight is 284 g/mol. The van der Waals surface area contributed by atoms with Crippen LogP contribution < -0.4 is 11.1 Å². The van der Waals surface area contributed by atoms with Gasteiger partial charge in [-0.2, -0.15) is 0 Å². The van der Waals surface area contributed by atoms with Crippen molar-refractivity contribution in [3.8, 4) is 0 Å². The van der Waals surface area contributed by atoms with Crippen LogP contribution in [-0.2, 0) is 4.79 Å². The Morgan fingerprint density at radius 1 is 1.20 bits per heavy atom. The molecular weight excluding hydrogens is 252 g/mol. The van der Waals surface area contributed by atoms with Crippen LogP contribution in [0.25, 0.3) is 0 Å². The lowest BCUT2D eigenvalue weighted by Crippen LogP contribution is -2.55. The molecule has 0 saturated carbocycles. The molecule has 1 amide bonds. The summed E-state index contributed by atoms with van der Waals surface area (Å²) in [6, 6.07) is 0.588. The molecule has 118 valence electrons. The summed E-state index contributed by atoms with van der Waals surface area (Å²) in [7, 11) is 0. The fourth-order valence-corrected chi connectivity index (χ4v) is 2.89. The first-order chi connectivity index (χ1) is 9.63. The smallest absolute Gasteiger partial charge is 0.237 e. The Kier molecular flexibility index (Phi) is 8.11. The number of nitrogens with two attached hydrogens (primary N) is 1. The number of nitrogens with zero attached hydrogens (tertiary/aromatic N) is 2. The molecule has 5 nitrogen and oxygen atoms in total. The minimum Gasteiger partial charge on any atom is -0.355 e. The van der Waals surface area contributed by atoms with E-state index in [4.69, 9.17) is 5.73 Å². The number of piperazine rings is 1. The molecule has 0 bridgehead atoms.